The van der Waals surface area contributed by atoms with Gasteiger partial charge in [0.2, 0.25) is 0 Å². The van der Waals surface area contributed by atoms with Gasteiger partial charge in [-0.1, -0.05) is 37.1 Å². The van der Waals surface area contributed by atoms with Crippen molar-refractivity contribution in [1.29, 1.82) is 0 Å². The van der Waals surface area contributed by atoms with Gasteiger partial charge >= 0.3 is 0 Å². The highest BCUT2D eigenvalue weighted by Gasteiger charge is 2.45. The van der Waals surface area contributed by atoms with Crippen molar-refractivity contribution in [3.8, 4) is 0 Å². The Morgan fingerprint density at radius 3 is 2.52 bits per heavy atom. The van der Waals surface area contributed by atoms with Gasteiger partial charge in [-0.3, -0.25) is 9.69 Å². The van der Waals surface area contributed by atoms with Crippen LogP contribution in [-0.2, 0) is 6.54 Å². The summed E-state index contributed by atoms with van der Waals surface area (Å²) in [6.45, 7) is 8.13. The lowest BCUT2D eigenvalue weighted by Crippen LogP contribution is -2.39. The van der Waals surface area contributed by atoms with Gasteiger partial charge in [0, 0.05) is 31.2 Å². The Bertz CT molecular complexity index is 935. The molecule has 5 rings (SSSR count). The number of fused-ring (bicyclic) bond motifs is 1. The Hall–Kier alpha value is -2.27. The van der Waals surface area contributed by atoms with Crippen LogP contribution in [0.25, 0.3) is 0 Å². The van der Waals surface area contributed by atoms with E-state index in [-0.39, 0.29) is 5.91 Å². The largest absolute Gasteiger partial charge is 0.335 e. The molecule has 5 nitrogen and oxygen atoms in total. The highest BCUT2D eigenvalue weighted by molar-refractivity contribution is 5.95. The normalized spacial score (nSPS) is 26.3. The van der Waals surface area contributed by atoms with Gasteiger partial charge in [-0.2, -0.15) is 0 Å². The van der Waals surface area contributed by atoms with E-state index in [1.165, 1.54) is 56.3 Å². The molecule has 1 aromatic carbocycles. The molecule has 31 heavy (non-hydrogen) atoms. The van der Waals surface area contributed by atoms with E-state index in [0.29, 0.717) is 23.4 Å². The number of aromatic nitrogens is 2. The van der Waals surface area contributed by atoms with Crippen LogP contribution < -0.4 is 0 Å². The minimum absolute atomic E-state index is 0.113. The number of benzene rings is 1. The third kappa shape index (κ3) is 4.12. The highest BCUT2D eigenvalue weighted by atomic mass is 16.2. The summed E-state index contributed by atoms with van der Waals surface area (Å²) in [7, 11) is 0. The van der Waals surface area contributed by atoms with Crippen LogP contribution in [0, 0.1) is 19.8 Å². The zero-order chi connectivity index (χ0) is 21.4. The van der Waals surface area contributed by atoms with Crippen molar-refractivity contribution in [3.63, 3.8) is 0 Å². The van der Waals surface area contributed by atoms with Crippen molar-refractivity contribution in [2.24, 2.45) is 5.92 Å². The molecule has 2 aliphatic heterocycles. The van der Waals surface area contributed by atoms with Crippen molar-refractivity contribution >= 4 is 5.91 Å². The monoisotopic (exact) mass is 418 g/mol. The first kappa shape index (κ1) is 20.6. The molecule has 3 aliphatic rings. The van der Waals surface area contributed by atoms with E-state index in [0.717, 1.165) is 31.0 Å². The minimum atomic E-state index is 0.113. The highest BCUT2D eigenvalue weighted by Crippen LogP contribution is 2.45. The van der Waals surface area contributed by atoms with E-state index in [9.17, 15) is 4.79 Å². The van der Waals surface area contributed by atoms with Crippen molar-refractivity contribution in [3.05, 3.63) is 58.7 Å². The van der Waals surface area contributed by atoms with Gasteiger partial charge in [-0.25, -0.2) is 9.97 Å². The van der Waals surface area contributed by atoms with Crippen LogP contribution in [0.3, 0.4) is 0 Å². The molecule has 1 saturated carbocycles. The lowest BCUT2D eigenvalue weighted by atomic mass is 9.77. The molecule has 0 unspecified atom stereocenters. The quantitative estimate of drug-likeness (QED) is 0.734. The van der Waals surface area contributed by atoms with Gasteiger partial charge in [-0.05, 0) is 69.7 Å². The molecule has 2 saturated heterocycles. The molecule has 3 heterocycles. The van der Waals surface area contributed by atoms with E-state index in [4.69, 9.17) is 0 Å². The predicted molar refractivity (Wildman–Crippen MR) is 122 cm³/mol. The second kappa shape index (κ2) is 8.70. The van der Waals surface area contributed by atoms with Crippen LogP contribution in [0.5, 0.6) is 0 Å². The van der Waals surface area contributed by atoms with Crippen molar-refractivity contribution in [1.82, 2.24) is 19.8 Å². The second-order valence-corrected chi connectivity index (χ2v) is 9.72. The summed E-state index contributed by atoms with van der Waals surface area (Å²) in [5.74, 6) is 1.83. The molecule has 1 amide bonds. The molecule has 1 aromatic heterocycles. The third-order valence-corrected chi connectivity index (χ3v) is 7.70. The fourth-order valence-corrected chi connectivity index (χ4v) is 6.08. The van der Waals surface area contributed by atoms with Crippen molar-refractivity contribution < 1.29 is 4.79 Å². The van der Waals surface area contributed by atoms with Gasteiger partial charge in [0.25, 0.3) is 5.91 Å². The Labute approximate surface area is 185 Å². The molecular weight excluding hydrogens is 384 g/mol. The summed E-state index contributed by atoms with van der Waals surface area (Å²) >= 11 is 0. The van der Waals surface area contributed by atoms with Crippen LogP contribution in [0.1, 0.15) is 77.4 Å². The fraction of sp³-hybridized carbons (Fsp3) is 0.577. The van der Waals surface area contributed by atoms with Crippen LogP contribution in [0.2, 0.25) is 0 Å². The molecule has 164 valence electrons. The van der Waals surface area contributed by atoms with Gasteiger partial charge in [-0.15, -0.1) is 0 Å². The number of carbonyl (C=O) groups excluding carboxylic acids is 1. The summed E-state index contributed by atoms with van der Waals surface area (Å²) in [5, 5.41) is 0. The molecule has 0 bridgehead atoms. The molecule has 0 radical (unpaired) electrons. The summed E-state index contributed by atoms with van der Waals surface area (Å²) in [6.07, 6.45) is 9.22. The van der Waals surface area contributed by atoms with Gasteiger partial charge in [0.1, 0.15) is 5.82 Å². The Kier molecular flexibility index (Phi) is 5.79. The predicted octanol–water partition coefficient (Wildman–Crippen LogP) is 4.49. The first-order valence-electron chi connectivity index (χ1n) is 12.0. The SMILES string of the molecule is Cc1ncc(C(=O)N2C[C@H](c3ccc(CN4CCCC4)cc3)[C@H]3CCCC[C@H]32)c(C)n1. The summed E-state index contributed by atoms with van der Waals surface area (Å²) in [6, 6.07) is 9.63. The standard InChI is InChI=1S/C26H34N4O/c1-18-23(15-27-19(2)28-18)26(31)30-17-24(22-7-3-4-8-25(22)30)21-11-9-20(10-12-21)16-29-13-5-6-14-29/h9-12,15,22,24-25H,3-8,13-14,16-17H2,1-2H3/t22-,24-,25-/m1/s1. The fourth-order valence-electron chi connectivity index (χ4n) is 6.08. The van der Waals surface area contributed by atoms with Crippen LogP contribution in [0.15, 0.2) is 30.5 Å². The first-order chi connectivity index (χ1) is 15.1. The maximum absolute atomic E-state index is 13.5. The van der Waals surface area contributed by atoms with Crippen molar-refractivity contribution in [2.45, 2.75) is 70.9 Å². The van der Waals surface area contributed by atoms with Crippen LogP contribution in [-0.4, -0.2) is 51.4 Å². The molecule has 0 spiro atoms. The zero-order valence-electron chi connectivity index (χ0n) is 18.9. The number of aryl methyl sites for hydroxylation is 2. The van der Waals surface area contributed by atoms with Gasteiger partial charge < -0.3 is 4.90 Å². The smallest absolute Gasteiger partial charge is 0.257 e. The average molecular weight is 419 g/mol. The molecule has 5 heteroatoms. The van der Waals surface area contributed by atoms with Crippen LogP contribution >= 0.6 is 0 Å². The number of hydrogen-bond donors (Lipinski definition) is 0. The lowest BCUT2D eigenvalue weighted by molar-refractivity contribution is 0.0688. The number of amides is 1. The Morgan fingerprint density at radius 1 is 1.03 bits per heavy atom. The number of rotatable bonds is 4. The molecule has 3 atom stereocenters. The average Bonchev–Trinajstić information content (AvgIpc) is 3.42. The topological polar surface area (TPSA) is 49.3 Å². The zero-order valence-corrected chi connectivity index (χ0v) is 18.9. The van der Waals surface area contributed by atoms with E-state index in [1.807, 2.05) is 13.8 Å². The number of nitrogens with zero attached hydrogens (tertiary/aromatic N) is 4. The maximum atomic E-state index is 13.5. The van der Waals surface area contributed by atoms with E-state index in [1.54, 1.807) is 6.20 Å². The Balaban J connectivity index is 1.36. The number of likely N-dealkylation sites (tertiary alicyclic amines) is 2. The number of hydrogen-bond acceptors (Lipinski definition) is 4. The molecule has 3 fully saturated rings. The van der Waals surface area contributed by atoms with Crippen molar-refractivity contribution in [2.75, 3.05) is 19.6 Å². The summed E-state index contributed by atoms with van der Waals surface area (Å²) in [5.41, 5.74) is 4.26. The first-order valence-corrected chi connectivity index (χ1v) is 12.0. The molecular formula is C26H34N4O. The van der Waals surface area contributed by atoms with Gasteiger partial charge in [0.15, 0.2) is 0 Å². The minimum Gasteiger partial charge on any atom is -0.335 e. The lowest BCUT2D eigenvalue weighted by Gasteiger charge is -2.32. The van der Waals surface area contributed by atoms with Crippen LogP contribution in [0.4, 0.5) is 0 Å². The second-order valence-electron chi connectivity index (χ2n) is 9.72. The van der Waals surface area contributed by atoms with E-state index < -0.39 is 0 Å². The summed E-state index contributed by atoms with van der Waals surface area (Å²) in [4.78, 5) is 26.9. The molecule has 1 aliphatic carbocycles. The van der Waals surface area contributed by atoms with E-state index in [2.05, 4.69) is 44.0 Å². The maximum Gasteiger partial charge on any atom is 0.257 e. The summed E-state index contributed by atoms with van der Waals surface area (Å²) < 4.78 is 0. The third-order valence-electron chi connectivity index (χ3n) is 7.70. The van der Waals surface area contributed by atoms with Gasteiger partial charge in [0.05, 0.1) is 11.3 Å². The Morgan fingerprint density at radius 2 is 1.77 bits per heavy atom. The molecule has 2 aromatic rings. The molecule has 0 N–H and O–H groups in total. The number of carbonyl (C=O) groups is 1. The van der Waals surface area contributed by atoms with E-state index >= 15 is 0 Å².